The van der Waals surface area contributed by atoms with Gasteiger partial charge in [-0.1, -0.05) is 11.6 Å². The van der Waals surface area contributed by atoms with E-state index in [1.54, 1.807) is 5.38 Å². The quantitative estimate of drug-likeness (QED) is 0.883. The maximum absolute atomic E-state index is 12.5. The van der Waals surface area contributed by atoms with Gasteiger partial charge >= 0.3 is 6.61 Å². The van der Waals surface area contributed by atoms with Gasteiger partial charge in [-0.05, 0) is 12.1 Å². The van der Waals surface area contributed by atoms with Crippen LogP contribution in [-0.4, -0.2) is 19.3 Å². The van der Waals surface area contributed by atoms with E-state index in [1.165, 1.54) is 29.5 Å². The summed E-state index contributed by atoms with van der Waals surface area (Å²) in [5, 5.41) is 4.23. The smallest absolute Gasteiger partial charge is 0.387 e. The number of ether oxygens (including phenoxy) is 3. The predicted molar refractivity (Wildman–Crippen MR) is 79.7 cm³/mol. The van der Waals surface area contributed by atoms with Crippen LogP contribution in [-0.2, 0) is 6.54 Å². The van der Waals surface area contributed by atoms with E-state index in [1.807, 2.05) is 0 Å². The highest BCUT2D eigenvalue weighted by Crippen LogP contribution is 2.38. The van der Waals surface area contributed by atoms with Gasteiger partial charge in [0.1, 0.15) is 5.75 Å². The van der Waals surface area contributed by atoms with Crippen molar-refractivity contribution in [2.75, 3.05) is 6.79 Å². The SMILES string of the molecule is O=C(NCc1cc2c(cc1OC(F)F)OCO2)c1csc(Cl)c1. The number of hydrogen-bond acceptors (Lipinski definition) is 5. The number of halogens is 3. The van der Waals surface area contributed by atoms with Crippen LogP contribution in [0.3, 0.4) is 0 Å². The molecule has 9 heteroatoms. The van der Waals surface area contributed by atoms with Gasteiger partial charge in [0.05, 0.1) is 9.90 Å². The van der Waals surface area contributed by atoms with Gasteiger partial charge in [-0.3, -0.25) is 4.79 Å². The standard InChI is InChI=1S/C14H10ClF2NO4S/c15-12-2-8(5-23-12)13(19)18-4-7-1-10-11(21-6-20-10)3-9(7)22-14(16)17/h1-3,5,14H,4,6H2,(H,18,19). The molecule has 0 unspecified atom stereocenters. The summed E-state index contributed by atoms with van der Waals surface area (Å²) in [5.74, 6) is 0.288. The molecule has 5 nitrogen and oxygen atoms in total. The van der Waals surface area contributed by atoms with Crippen LogP contribution in [0.1, 0.15) is 15.9 Å². The van der Waals surface area contributed by atoms with E-state index < -0.39 is 6.61 Å². The number of carbonyl (C=O) groups is 1. The Morgan fingerprint density at radius 3 is 2.74 bits per heavy atom. The monoisotopic (exact) mass is 361 g/mol. The molecule has 1 aliphatic heterocycles. The molecular formula is C14H10ClF2NO4S. The second-order valence-electron chi connectivity index (χ2n) is 4.51. The molecule has 0 radical (unpaired) electrons. The average molecular weight is 362 g/mol. The van der Waals surface area contributed by atoms with Crippen LogP contribution in [0.25, 0.3) is 0 Å². The lowest BCUT2D eigenvalue weighted by molar-refractivity contribution is -0.0505. The fourth-order valence-corrected chi connectivity index (χ4v) is 2.88. The van der Waals surface area contributed by atoms with Crippen molar-refractivity contribution < 1.29 is 27.8 Å². The zero-order chi connectivity index (χ0) is 16.4. The van der Waals surface area contributed by atoms with E-state index >= 15 is 0 Å². The van der Waals surface area contributed by atoms with Crippen molar-refractivity contribution in [2.24, 2.45) is 0 Å². The lowest BCUT2D eigenvalue weighted by atomic mass is 10.1. The molecule has 1 aliphatic rings. The molecule has 0 fully saturated rings. The molecule has 2 aromatic rings. The van der Waals surface area contributed by atoms with Crippen molar-refractivity contribution in [3.05, 3.63) is 39.0 Å². The van der Waals surface area contributed by atoms with E-state index in [9.17, 15) is 13.6 Å². The normalized spacial score (nSPS) is 12.5. The van der Waals surface area contributed by atoms with Crippen molar-refractivity contribution in [3.8, 4) is 17.2 Å². The van der Waals surface area contributed by atoms with Gasteiger partial charge in [0.15, 0.2) is 11.5 Å². The Balaban J connectivity index is 1.77. The number of benzene rings is 1. The Bertz CT molecular complexity index is 738. The molecule has 23 heavy (non-hydrogen) atoms. The third-order valence-electron chi connectivity index (χ3n) is 3.04. The van der Waals surface area contributed by atoms with Gasteiger partial charge in [0.25, 0.3) is 5.91 Å². The first kappa shape index (κ1) is 15.8. The molecule has 1 aromatic heterocycles. The number of hydrogen-bond donors (Lipinski definition) is 1. The Morgan fingerprint density at radius 2 is 2.09 bits per heavy atom. The summed E-state index contributed by atoms with van der Waals surface area (Å²) >= 11 is 7.00. The minimum absolute atomic E-state index is 0.00661. The second-order valence-corrected chi connectivity index (χ2v) is 6.06. The fourth-order valence-electron chi connectivity index (χ4n) is 2.02. The van der Waals surface area contributed by atoms with Crippen molar-refractivity contribution in [2.45, 2.75) is 13.2 Å². The van der Waals surface area contributed by atoms with Crippen molar-refractivity contribution in [1.82, 2.24) is 5.32 Å². The van der Waals surface area contributed by atoms with Crippen LogP contribution >= 0.6 is 22.9 Å². The Kier molecular flexibility index (Phi) is 4.53. The average Bonchev–Trinajstić information content (AvgIpc) is 3.12. The van der Waals surface area contributed by atoms with Crippen LogP contribution in [0.15, 0.2) is 23.6 Å². The third kappa shape index (κ3) is 3.65. The molecule has 0 saturated carbocycles. The number of fused-ring (bicyclic) bond motifs is 1. The Hall–Kier alpha value is -2.06. The maximum atomic E-state index is 12.5. The summed E-state index contributed by atoms with van der Waals surface area (Å²) < 4.78 is 40.3. The Morgan fingerprint density at radius 1 is 1.35 bits per heavy atom. The van der Waals surface area contributed by atoms with E-state index in [4.69, 9.17) is 21.1 Å². The van der Waals surface area contributed by atoms with Crippen LogP contribution in [0.4, 0.5) is 8.78 Å². The summed E-state index contributed by atoms with van der Waals surface area (Å²) in [4.78, 5) is 12.0. The number of rotatable bonds is 5. The molecule has 0 spiro atoms. The summed E-state index contributed by atoms with van der Waals surface area (Å²) in [5.41, 5.74) is 0.751. The molecule has 2 heterocycles. The van der Waals surface area contributed by atoms with E-state index in [2.05, 4.69) is 10.1 Å². The number of nitrogens with one attached hydrogen (secondary N) is 1. The topological polar surface area (TPSA) is 56.8 Å². The lowest BCUT2D eigenvalue weighted by Crippen LogP contribution is -2.22. The lowest BCUT2D eigenvalue weighted by Gasteiger charge is -2.12. The fraction of sp³-hybridized carbons (Fsp3) is 0.214. The maximum Gasteiger partial charge on any atom is 0.387 e. The molecule has 0 saturated heterocycles. The van der Waals surface area contributed by atoms with Gasteiger partial charge < -0.3 is 19.5 Å². The van der Waals surface area contributed by atoms with Crippen LogP contribution in [0.5, 0.6) is 17.2 Å². The molecular weight excluding hydrogens is 352 g/mol. The number of alkyl halides is 2. The number of amides is 1. The minimum atomic E-state index is -2.99. The van der Waals surface area contributed by atoms with Crippen LogP contribution in [0, 0.1) is 0 Å². The van der Waals surface area contributed by atoms with Crippen molar-refractivity contribution in [3.63, 3.8) is 0 Å². The van der Waals surface area contributed by atoms with E-state index in [-0.39, 0.29) is 25.0 Å². The van der Waals surface area contributed by atoms with Gasteiger partial charge in [-0.15, -0.1) is 11.3 Å². The van der Waals surface area contributed by atoms with E-state index in [0.717, 1.165) is 0 Å². The van der Waals surface area contributed by atoms with Crippen LogP contribution in [0.2, 0.25) is 4.34 Å². The highest BCUT2D eigenvalue weighted by molar-refractivity contribution is 7.14. The first-order valence-corrected chi connectivity index (χ1v) is 7.68. The molecule has 0 bridgehead atoms. The molecule has 1 amide bonds. The molecule has 1 N–H and O–H groups in total. The summed E-state index contributed by atoms with van der Waals surface area (Å²) in [6.45, 7) is -2.99. The van der Waals surface area contributed by atoms with Crippen molar-refractivity contribution >= 4 is 28.8 Å². The first-order chi connectivity index (χ1) is 11.0. The van der Waals surface area contributed by atoms with Gasteiger partial charge in [-0.2, -0.15) is 8.78 Å². The van der Waals surface area contributed by atoms with Gasteiger partial charge in [0.2, 0.25) is 6.79 Å². The second kappa shape index (κ2) is 6.59. The zero-order valence-electron chi connectivity index (χ0n) is 11.5. The van der Waals surface area contributed by atoms with Crippen molar-refractivity contribution in [1.29, 1.82) is 0 Å². The van der Waals surface area contributed by atoms with E-state index in [0.29, 0.717) is 27.0 Å². The third-order valence-corrected chi connectivity index (χ3v) is 4.13. The van der Waals surface area contributed by atoms with Gasteiger partial charge in [0, 0.05) is 23.6 Å². The molecule has 0 atom stereocenters. The number of thiophene rings is 1. The summed E-state index contributed by atoms with van der Waals surface area (Å²) in [6, 6.07) is 4.34. The highest BCUT2D eigenvalue weighted by Gasteiger charge is 2.20. The molecule has 122 valence electrons. The summed E-state index contributed by atoms with van der Waals surface area (Å²) in [7, 11) is 0. The van der Waals surface area contributed by atoms with Gasteiger partial charge in [-0.25, -0.2) is 0 Å². The molecule has 1 aromatic carbocycles. The summed E-state index contributed by atoms with van der Waals surface area (Å²) in [6.07, 6.45) is 0. The predicted octanol–water partition coefficient (Wildman–Crippen LogP) is 3.66. The Labute approximate surface area is 138 Å². The first-order valence-electron chi connectivity index (χ1n) is 6.42. The van der Waals surface area contributed by atoms with Crippen LogP contribution < -0.4 is 19.5 Å². The minimum Gasteiger partial charge on any atom is -0.454 e. The zero-order valence-corrected chi connectivity index (χ0v) is 13.0. The molecule has 0 aliphatic carbocycles. The largest absolute Gasteiger partial charge is 0.454 e. The molecule has 3 rings (SSSR count). The number of carbonyl (C=O) groups excluding carboxylic acids is 1. The highest BCUT2D eigenvalue weighted by atomic mass is 35.5.